The Hall–Kier alpha value is -4.34. The Bertz CT molecular complexity index is 1270. The molecule has 1 heterocycles. The van der Waals surface area contributed by atoms with E-state index < -0.39 is 29.9 Å². The third kappa shape index (κ3) is 5.04. The van der Waals surface area contributed by atoms with Crippen LogP contribution in [-0.2, 0) is 14.4 Å². The molecule has 0 fully saturated rings. The van der Waals surface area contributed by atoms with Crippen LogP contribution in [0.3, 0.4) is 0 Å². The van der Waals surface area contributed by atoms with E-state index in [4.69, 9.17) is 28.5 Å². The minimum Gasteiger partial charge on any atom is -0.493 e. The van der Waals surface area contributed by atoms with Crippen molar-refractivity contribution in [2.45, 2.75) is 13.8 Å². The molecule has 3 rings (SSSR count). The minimum atomic E-state index is -1.18. The molecule has 0 aliphatic rings. The van der Waals surface area contributed by atoms with Gasteiger partial charge in [-0.25, -0.2) is 4.79 Å². The van der Waals surface area contributed by atoms with Crippen molar-refractivity contribution in [3.63, 3.8) is 0 Å². The van der Waals surface area contributed by atoms with E-state index in [-0.39, 0.29) is 39.7 Å². The zero-order valence-corrected chi connectivity index (χ0v) is 17.3. The molecule has 3 aromatic rings. The molecular formula is C22H18O10. The first-order valence-electron chi connectivity index (χ1n) is 9.19. The van der Waals surface area contributed by atoms with E-state index in [1.54, 1.807) is 6.07 Å². The van der Waals surface area contributed by atoms with Crippen molar-refractivity contribution in [1.29, 1.82) is 0 Å². The summed E-state index contributed by atoms with van der Waals surface area (Å²) in [6.07, 6.45) is 0. The van der Waals surface area contributed by atoms with Gasteiger partial charge in [0.2, 0.25) is 0 Å². The largest absolute Gasteiger partial charge is 0.493 e. The highest BCUT2D eigenvalue weighted by molar-refractivity contribution is 5.89. The van der Waals surface area contributed by atoms with E-state index in [0.29, 0.717) is 5.56 Å². The Kier molecular flexibility index (Phi) is 6.43. The summed E-state index contributed by atoms with van der Waals surface area (Å²) in [6.45, 7) is 1.76. The average Bonchev–Trinajstić information content (AvgIpc) is 2.70. The number of fused-ring (bicyclic) bond motifs is 1. The SMILES string of the molecule is COc1ccc(-c2cc(=O)c3c(OC(C)=O)cc(OC(C)=O)cc3o2)cc1OCC(=O)O. The second kappa shape index (κ2) is 9.21. The Morgan fingerprint density at radius 1 is 0.938 bits per heavy atom. The summed E-state index contributed by atoms with van der Waals surface area (Å²) in [7, 11) is 1.39. The fourth-order valence-corrected chi connectivity index (χ4v) is 2.91. The quantitative estimate of drug-likeness (QED) is 0.429. The lowest BCUT2D eigenvalue weighted by atomic mass is 10.1. The van der Waals surface area contributed by atoms with Crippen LogP contribution in [0.4, 0.5) is 0 Å². The number of hydrogen-bond acceptors (Lipinski definition) is 9. The van der Waals surface area contributed by atoms with Gasteiger partial charge in [0.25, 0.3) is 0 Å². The van der Waals surface area contributed by atoms with Gasteiger partial charge >= 0.3 is 17.9 Å². The summed E-state index contributed by atoms with van der Waals surface area (Å²) in [5, 5.41) is 8.84. The van der Waals surface area contributed by atoms with Crippen LogP contribution in [0.25, 0.3) is 22.3 Å². The normalized spacial score (nSPS) is 10.5. The van der Waals surface area contributed by atoms with Crippen molar-refractivity contribution >= 4 is 28.9 Å². The molecule has 0 radical (unpaired) electrons. The Morgan fingerprint density at radius 3 is 2.28 bits per heavy atom. The lowest BCUT2D eigenvalue weighted by molar-refractivity contribution is -0.139. The summed E-state index contributed by atoms with van der Waals surface area (Å²) in [6, 6.07) is 8.31. The third-order valence-corrected chi connectivity index (χ3v) is 4.08. The number of benzene rings is 2. The number of rotatable bonds is 7. The number of carboxylic acids is 1. The first-order chi connectivity index (χ1) is 15.2. The van der Waals surface area contributed by atoms with Crippen LogP contribution in [-0.4, -0.2) is 36.7 Å². The van der Waals surface area contributed by atoms with Gasteiger partial charge < -0.3 is 28.5 Å². The average molecular weight is 442 g/mol. The molecule has 10 nitrogen and oxygen atoms in total. The van der Waals surface area contributed by atoms with Crippen molar-refractivity contribution in [3.05, 3.63) is 46.6 Å². The van der Waals surface area contributed by atoms with Gasteiger partial charge in [0.1, 0.15) is 28.2 Å². The van der Waals surface area contributed by atoms with E-state index >= 15 is 0 Å². The fourth-order valence-electron chi connectivity index (χ4n) is 2.91. The number of carbonyl (C=O) groups excluding carboxylic acids is 2. The second-order valence-electron chi connectivity index (χ2n) is 6.50. The van der Waals surface area contributed by atoms with Crippen molar-refractivity contribution in [2.75, 3.05) is 13.7 Å². The van der Waals surface area contributed by atoms with Gasteiger partial charge in [-0.2, -0.15) is 0 Å². The van der Waals surface area contributed by atoms with Crippen LogP contribution in [0.2, 0.25) is 0 Å². The topological polar surface area (TPSA) is 139 Å². The van der Waals surface area contributed by atoms with E-state index in [1.807, 2.05) is 0 Å². The smallest absolute Gasteiger partial charge is 0.341 e. The predicted octanol–water partition coefficient (Wildman–Crippen LogP) is 2.78. The molecule has 166 valence electrons. The number of methoxy groups -OCH3 is 1. The zero-order valence-electron chi connectivity index (χ0n) is 17.3. The summed E-state index contributed by atoms with van der Waals surface area (Å²) < 4.78 is 26.4. The summed E-state index contributed by atoms with van der Waals surface area (Å²) >= 11 is 0. The van der Waals surface area contributed by atoms with Gasteiger partial charge in [-0.15, -0.1) is 0 Å². The number of carbonyl (C=O) groups is 3. The lowest BCUT2D eigenvalue weighted by Crippen LogP contribution is -2.10. The highest BCUT2D eigenvalue weighted by Gasteiger charge is 2.18. The monoisotopic (exact) mass is 442 g/mol. The molecule has 2 aromatic carbocycles. The van der Waals surface area contributed by atoms with Crippen molar-refractivity contribution < 1.29 is 42.9 Å². The number of hydrogen-bond donors (Lipinski definition) is 1. The van der Waals surface area contributed by atoms with Gasteiger partial charge in [0.05, 0.1) is 7.11 Å². The Labute approximate surface area is 180 Å². The van der Waals surface area contributed by atoms with Crippen LogP contribution < -0.4 is 24.4 Å². The maximum Gasteiger partial charge on any atom is 0.341 e. The van der Waals surface area contributed by atoms with E-state index in [9.17, 15) is 19.2 Å². The number of ether oxygens (including phenoxy) is 4. The minimum absolute atomic E-state index is 0.00585. The highest BCUT2D eigenvalue weighted by atomic mass is 16.5. The number of aliphatic carboxylic acids is 1. The molecule has 0 aliphatic carbocycles. The van der Waals surface area contributed by atoms with Crippen LogP contribution in [0.5, 0.6) is 23.0 Å². The molecule has 1 N–H and O–H groups in total. The maximum atomic E-state index is 12.8. The first kappa shape index (κ1) is 22.3. The van der Waals surface area contributed by atoms with Crippen LogP contribution in [0, 0.1) is 0 Å². The first-order valence-corrected chi connectivity index (χ1v) is 9.19. The van der Waals surface area contributed by atoms with Gasteiger partial charge in [-0.3, -0.25) is 14.4 Å². The highest BCUT2D eigenvalue weighted by Crippen LogP contribution is 2.35. The summed E-state index contributed by atoms with van der Waals surface area (Å²) in [4.78, 5) is 46.5. The molecule has 0 aliphatic heterocycles. The van der Waals surface area contributed by atoms with Crippen molar-refractivity contribution in [1.82, 2.24) is 0 Å². The van der Waals surface area contributed by atoms with Gasteiger partial charge in [-0.1, -0.05) is 0 Å². The fraction of sp³-hybridized carbons (Fsp3) is 0.182. The standard InChI is InChI=1S/C22H18O10/c1-11(23)30-14-7-19(31-12(2)24)22-15(25)9-17(32-20(22)8-14)13-4-5-16(28-3)18(6-13)29-10-21(26)27/h4-9H,10H2,1-3H3,(H,26,27). The van der Waals surface area contributed by atoms with E-state index in [1.165, 1.54) is 44.4 Å². The maximum absolute atomic E-state index is 12.8. The molecule has 0 bridgehead atoms. The van der Waals surface area contributed by atoms with E-state index in [2.05, 4.69) is 0 Å². The van der Waals surface area contributed by atoms with Crippen molar-refractivity contribution in [2.24, 2.45) is 0 Å². The Morgan fingerprint density at radius 2 is 1.66 bits per heavy atom. The van der Waals surface area contributed by atoms with Gasteiger partial charge in [-0.05, 0) is 18.2 Å². The predicted molar refractivity (Wildman–Crippen MR) is 110 cm³/mol. The molecular weight excluding hydrogens is 424 g/mol. The number of esters is 2. The lowest BCUT2D eigenvalue weighted by Gasteiger charge is -2.12. The summed E-state index contributed by atoms with van der Waals surface area (Å²) in [5.41, 5.74) is -0.126. The molecule has 1 aromatic heterocycles. The van der Waals surface area contributed by atoms with Crippen LogP contribution >= 0.6 is 0 Å². The van der Waals surface area contributed by atoms with E-state index in [0.717, 1.165) is 6.92 Å². The van der Waals surface area contributed by atoms with Gasteiger partial charge in [0.15, 0.2) is 23.5 Å². The summed E-state index contributed by atoms with van der Waals surface area (Å²) in [5.74, 6) is -2.05. The third-order valence-electron chi connectivity index (χ3n) is 4.08. The van der Waals surface area contributed by atoms with Crippen LogP contribution in [0.1, 0.15) is 13.8 Å². The molecule has 0 saturated carbocycles. The van der Waals surface area contributed by atoms with Crippen LogP contribution in [0.15, 0.2) is 45.6 Å². The second-order valence-corrected chi connectivity index (χ2v) is 6.50. The van der Waals surface area contributed by atoms with Crippen molar-refractivity contribution in [3.8, 4) is 34.3 Å². The van der Waals surface area contributed by atoms with Gasteiger partial charge in [0, 0.05) is 37.6 Å². The molecule has 0 saturated heterocycles. The molecule has 10 heteroatoms. The molecule has 32 heavy (non-hydrogen) atoms. The molecule has 0 atom stereocenters. The number of carboxylic acid groups (broad SMARTS) is 1. The molecule has 0 spiro atoms. The molecule has 0 unspecified atom stereocenters. The Balaban J connectivity index is 2.17. The zero-order chi connectivity index (χ0) is 23.4. The molecule has 0 amide bonds.